The molecule has 0 unspecified atom stereocenters. The fourth-order valence-corrected chi connectivity index (χ4v) is 5.08. The van der Waals surface area contributed by atoms with Crippen molar-refractivity contribution in [2.24, 2.45) is 0 Å². The molecule has 0 aliphatic carbocycles. The van der Waals surface area contributed by atoms with Gasteiger partial charge in [0.05, 0.1) is 21.8 Å². The number of amides is 1. The molecule has 148 valence electrons. The first-order valence-corrected chi connectivity index (χ1v) is 11.0. The summed E-state index contributed by atoms with van der Waals surface area (Å²) in [4.78, 5) is 20.5. The summed E-state index contributed by atoms with van der Waals surface area (Å²) in [7, 11) is 0. The first-order valence-electron chi connectivity index (χ1n) is 10.2. The molecular formula is C23H24N4OS. The molecule has 0 bridgehead atoms. The lowest BCUT2D eigenvalue weighted by Gasteiger charge is -2.32. The number of thioether (sulfide) groups is 1. The summed E-state index contributed by atoms with van der Waals surface area (Å²) in [6, 6.07) is 16.9. The van der Waals surface area contributed by atoms with Crippen molar-refractivity contribution in [2.45, 2.75) is 30.3 Å². The fourth-order valence-electron chi connectivity index (χ4n) is 4.09. The predicted molar refractivity (Wildman–Crippen MR) is 117 cm³/mol. The molecule has 2 aromatic heterocycles. The third kappa shape index (κ3) is 3.95. The standard InChI is InChI=1S/C23H24N4OS/c28-23(20-15-19-16-24-21-7-4-8-22(29-20)27(19)21)25-18-10-13-26(14-11-18)12-9-17-5-2-1-3-6-17/h1-8,15-16,18H,9-14H2,(H,25,28). The van der Waals surface area contributed by atoms with Gasteiger partial charge in [0.15, 0.2) is 0 Å². The van der Waals surface area contributed by atoms with Gasteiger partial charge in [-0.25, -0.2) is 4.98 Å². The molecule has 5 nitrogen and oxygen atoms in total. The van der Waals surface area contributed by atoms with Crippen LogP contribution in [0.3, 0.4) is 0 Å². The topological polar surface area (TPSA) is 49.6 Å². The first-order chi connectivity index (χ1) is 14.3. The van der Waals surface area contributed by atoms with Crippen LogP contribution in [-0.4, -0.2) is 45.9 Å². The van der Waals surface area contributed by atoms with Crippen LogP contribution in [-0.2, 0) is 11.2 Å². The zero-order chi connectivity index (χ0) is 19.6. The molecule has 0 saturated carbocycles. The molecule has 2 aliphatic heterocycles. The van der Waals surface area contributed by atoms with E-state index in [1.165, 1.54) is 17.3 Å². The number of imidazole rings is 1. The van der Waals surface area contributed by atoms with Crippen LogP contribution in [0.5, 0.6) is 0 Å². The Balaban J connectivity index is 1.15. The summed E-state index contributed by atoms with van der Waals surface area (Å²) in [5.41, 5.74) is 3.28. The van der Waals surface area contributed by atoms with Crippen molar-refractivity contribution in [1.29, 1.82) is 0 Å². The Bertz CT molecular complexity index is 1050. The van der Waals surface area contributed by atoms with Crippen molar-refractivity contribution in [1.82, 2.24) is 19.6 Å². The molecule has 1 amide bonds. The number of aromatic nitrogens is 2. The number of likely N-dealkylation sites (tertiary alicyclic amines) is 1. The number of carbonyl (C=O) groups excluding carboxylic acids is 1. The number of pyridine rings is 1. The van der Waals surface area contributed by atoms with Gasteiger partial charge in [-0.05, 0) is 43.0 Å². The average Bonchev–Trinajstić information content (AvgIpc) is 3.18. The predicted octanol–water partition coefficient (Wildman–Crippen LogP) is 3.60. The van der Waals surface area contributed by atoms with Gasteiger partial charge in [-0.3, -0.25) is 9.20 Å². The van der Waals surface area contributed by atoms with Crippen molar-refractivity contribution in [2.75, 3.05) is 19.6 Å². The second-order valence-electron chi connectivity index (χ2n) is 7.68. The molecule has 2 aliphatic rings. The maximum Gasteiger partial charge on any atom is 0.258 e. The molecule has 3 aromatic rings. The van der Waals surface area contributed by atoms with Crippen LogP contribution in [0.25, 0.3) is 11.7 Å². The highest BCUT2D eigenvalue weighted by atomic mass is 32.2. The van der Waals surface area contributed by atoms with Crippen LogP contribution < -0.4 is 5.32 Å². The number of nitrogens with zero attached hydrogens (tertiary/aromatic N) is 3. The van der Waals surface area contributed by atoms with Crippen molar-refractivity contribution < 1.29 is 4.79 Å². The van der Waals surface area contributed by atoms with Gasteiger partial charge in [-0.15, -0.1) is 0 Å². The lowest BCUT2D eigenvalue weighted by molar-refractivity contribution is -0.117. The van der Waals surface area contributed by atoms with E-state index in [9.17, 15) is 4.79 Å². The van der Waals surface area contributed by atoms with Gasteiger partial charge in [0.25, 0.3) is 5.91 Å². The quantitative estimate of drug-likeness (QED) is 0.706. The molecule has 0 atom stereocenters. The van der Waals surface area contributed by atoms with Gasteiger partial charge in [-0.1, -0.05) is 48.2 Å². The summed E-state index contributed by atoms with van der Waals surface area (Å²) in [6.07, 6.45) is 6.87. The van der Waals surface area contributed by atoms with Crippen LogP contribution in [0.1, 0.15) is 24.1 Å². The van der Waals surface area contributed by atoms with Gasteiger partial charge in [0, 0.05) is 25.7 Å². The Morgan fingerprint density at radius 1 is 1.10 bits per heavy atom. The van der Waals surface area contributed by atoms with E-state index in [-0.39, 0.29) is 11.9 Å². The SMILES string of the molecule is O=C(NC1CCN(CCc2ccccc2)CC1)C1=Cc2cnc3cccc(n23)S1. The van der Waals surface area contributed by atoms with Crippen molar-refractivity contribution >= 4 is 29.4 Å². The van der Waals surface area contributed by atoms with Crippen molar-refractivity contribution in [3.05, 3.63) is 70.9 Å². The summed E-state index contributed by atoms with van der Waals surface area (Å²) < 4.78 is 2.09. The van der Waals surface area contributed by atoms with Gasteiger partial charge < -0.3 is 10.2 Å². The Morgan fingerprint density at radius 3 is 2.76 bits per heavy atom. The van der Waals surface area contributed by atoms with E-state index in [1.54, 1.807) is 0 Å². The second-order valence-corrected chi connectivity index (χ2v) is 8.74. The van der Waals surface area contributed by atoms with Crippen LogP contribution >= 0.6 is 11.8 Å². The van der Waals surface area contributed by atoms with Crippen molar-refractivity contribution in [3.8, 4) is 0 Å². The molecule has 6 heteroatoms. The molecule has 0 radical (unpaired) electrons. The maximum atomic E-state index is 12.9. The Hall–Kier alpha value is -2.57. The third-order valence-electron chi connectivity index (χ3n) is 5.72. The minimum absolute atomic E-state index is 0.0298. The van der Waals surface area contributed by atoms with Crippen LogP contribution in [0, 0.1) is 0 Å². The molecule has 0 spiro atoms. The average molecular weight is 405 g/mol. The van der Waals surface area contributed by atoms with E-state index in [1.807, 2.05) is 30.5 Å². The number of hydrogen-bond donors (Lipinski definition) is 1. The van der Waals surface area contributed by atoms with Crippen LogP contribution in [0.15, 0.2) is 64.7 Å². The van der Waals surface area contributed by atoms with Crippen molar-refractivity contribution in [3.63, 3.8) is 0 Å². The van der Waals surface area contributed by atoms with Crippen LogP contribution in [0.2, 0.25) is 0 Å². The Labute approximate surface area is 174 Å². The molecule has 1 N–H and O–H groups in total. The molecule has 5 rings (SSSR count). The zero-order valence-corrected chi connectivity index (χ0v) is 17.1. The maximum absolute atomic E-state index is 12.9. The van der Waals surface area contributed by atoms with E-state index < -0.39 is 0 Å². The number of rotatable bonds is 5. The number of carbonyl (C=O) groups is 1. The number of hydrogen-bond acceptors (Lipinski definition) is 4. The molecular weight excluding hydrogens is 380 g/mol. The van der Waals surface area contributed by atoms with E-state index >= 15 is 0 Å². The minimum atomic E-state index is 0.0298. The first kappa shape index (κ1) is 18.5. The van der Waals surface area contributed by atoms with Gasteiger partial charge >= 0.3 is 0 Å². The molecule has 1 aromatic carbocycles. The summed E-state index contributed by atoms with van der Waals surface area (Å²) >= 11 is 1.52. The van der Waals surface area contributed by atoms with Gasteiger partial charge in [-0.2, -0.15) is 0 Å². The third-order valence-corrected chi connectivity index (χ3v) is 6.77. The second kappa shape index (κ2) is 8.05. The smallest absolute Gasteiger partial charge is 0.258 e. The summed E-state index contributed by atoms with van der Waals surface area (Å²) in [5.74, 6) is 0.0298. The van der Waals surface area contributed by atoms with E-state index in [2.05, 4.69) is 49.9 Å². The molecule has 29 heavy (non-hydrogen) atoms. The summed E-state index contributed by atoms with van der Waals surface area (Å²) in [6.45, 7) is 3.16. The van der Waals surface area contributed by atoms with E-state index in [0.29, 0.717) is 0 Å². The molecule has 4 heterocycles. The number of nitrogens with one attached hydrogen (secondary N) is 1. The lowest BCUT2D eigenvalue weighted by Crippen LogP contribution is -2.45. The number of benzene rings is 1. The summed E-state index contributed by atoms with van der Waals surface area (Å²) in [5, 5.41) is 4.29. The van der Waals surface area contributed by atoms with Crippen LogP contribution in [0.4, 0.5) is 0 Å². The highest BCUT2D eigenvalue weighted by molar-refractivity contribution is 8.04. The van der Waals surface area contributed by atoms with E-state index in [0.717, 1.165) is 60.2 Å². The highest BCUT2D eigenvalue weighted by Crippen LogP contribution is 2.34. The monoisotopic (exact) mass is 404 g/mol. The van der Waals surface area contributed by atoms with Gasteiger partial charge in [0.2, 0.25) is 0 Å². The number of piperidine rings is 1. The molecule has 1 fully saturated rings. The minimum Gasteiger partial charge on any atom is -0.349 e. The lowest BCUT2D eigenvalue weighted by atomic mass is 10.0. The largest absolute Gasteiger partial charge is 0.349 e. The normalized spacial score (nSPS) is 17.3. The highest BCUT2D eigenvalue weighted by Gasteiger charge is 2.24. The molecule has 1 saturated heterocycles. The Kier molecular flexibility index (Phi) is 5.12. The van der Waals surface area contributed by atoms with E-state index in [4.69, 9.17) is 0 Å². The van der Waals surface area contributed by atoms with Gasteiger partial charge in [0.1, 0.15) is 5.65 Å². The fraction of sp³-hybridized carbons (Fsp3) is 0.304. The zero-order valence-electron chi connectivity index (χ0n) is 16.3. The Morgan fingerprint density at radius 2 is 1.93 bits per heavy atom.